The highest BCUT2D eigenvalue weighted by Gasteiger charge is 2.43. The van der Waals surface area contributed by atoms with Gasteiger partial charge >= 0.3 is 0 Å². The van der Waals surface area contributed by atoms with Gasteiger partial charge in [-0.15, -0.1) is 0 Å². The third-order valence-corrected chi connectivity index (χ3v) is 9.04. The van der Waals surface area contributed by atoms with Crippen molar-refractivity contribution in [2.24, 2.45) is 0 Å². The molecule has 0 spiro atoms. The fraction of sp³-hybridized carbons (Fsp3) is 0.552. The van der Waals surface area contributed by atoms with Gasteiger partial charge in [0.15, 0.2) is 0 Å². The lowest BCUT2D eigenvalue weighted by atomic mass is 9.70. The van der Waals surface area contributed by atoms with Crippen molar-refractivity contribution in [3.63, 3.8) is 0 Å². The molecule has 3 fully saturated rings. The Morgan fingerprint density at radius 1 is 0.939 bits per heavy atom. The van der Waals surface area contributed by atoms with Gasteiger partial charge in [0, 0.05) is 18.1 Å². The predicted octanol–water partition coefficient (Wildman–Crippen LogP) is 5.53. The van der Waals surface area contributed by atoms with E-state index in [4.69, 9.17) is 4.98 Å². The number of imidazole rings is 1. The summed E-state index contributed by atoms with van der Waals surface area (Å²) in [6.07, 6.45) is 9.11. The van der Waals surface area contributed by atoms with Crippen LogP contribution in [-0.2, 0) is 5.41 Å². The molecule has 2 aromatic carbocycles. The number of aromatic nitrogens is 2. The number of benzene rings is 2. The van der Waals surface area contributed by atoms with E-state index >= 15 is 0 Å². The predicted molar refractivity (Wildman–Crippen MR) is 136 cm³/mol. The van der Waals surface area contributed by atoms with E-state index in [-0.39, 0.29) is 0 Å². The van der Waals surface area contributed by atoms with Crippen molar-refractivity contribution in [2.75, 3.05) is 19.6 Å². The molecular weight excluding hydrogens is 404 g/mol. The highest BCUT2D eigenvalue weighted by Crippen LogP contribution is 2.44. The van der Waals surface area contributed by atoms with Crippen molar-refractivity contribution < 1.29 is 0 Å². The van der Waals surface area contributed by atoms with Crippen LogP contribution in [0.2, 0.25) is 0 Å². The van der Waals surface area contributed by atoms with E-state index in [0.717, 1.165) is 30.7 Å². The zero-order chi connectivity index (χ0) is 22.4. The molecule has 1 aromatic heterocycles. The Balaban J connectivity index is 1.21. The van der Waals surface area contributed by atoms with E-state index in [1.807, 2.05) is 0 Å². The number of rotatable bonds is 5. The summed E-state index contributed by atoms with van der Waals surface area (Å²) in [6.45, 7) is 7.98. The van der Waals surface area contributed by atoms with Gasteiger partial charge in [-0.3, -0.25) is 4.90 Å². The fourth-order valence-corrected chi connectivity index (χ4v) is 7.35. The lowest BCUT2D eigenvalue weighted by Crippen LogP contribution is -2.47. The first-order valence-electron chi connectivity index (χ1n) is 13.1. The van der Waals surface area contributed by atoms with E-state index < -0.39 is 0 Å². The van der Waals surface area contributed by atoms with E-state index in [0.29, 0.717) is 11.5 Å². The third kappa shape index (κ3) is 3.81. The van der Waals surface area contributed by atoms with Crippen LogP contribution in [0.25, 0.3) is 11.0 Å². The zero-order valence-electron chi connectivity index (χ0n) is 20.3. The Hall–Kier alpha value is -2.17. The second-order valence-corrected chi connectivity index (χ2v) is 10.9. The largest absolute Gasteiger partial charge is 0.325 e. The van der Waals surface area contributed by atoms with Gasteiger partial charge < -0.3 is 9.88 Å². The monoisotopic (exact) mass is 442 g/mol. The molecule has 3 saturated heterocycles. The summed E-state index contributed by atoms with van der Waals surface area (Å²) in [5.41, 5.74) is 5.78. The van der Waals surface area contributed by atoms with Crippen LogP contribution in [-0.4, -0.2) is 46.2 Å². The van der Waals surface area contributed by atoms with Crippen LogP contribution in [0.15, 0.2) is 48.5 Å². The average Bonchev–Trinajstić information content (AvgIpc) is 3.29. The van der Waals surface area contributed by atoms with Crippen molar-refractivity contribution in [3.8, 4) is 0 Å². The Bertz CT molecular complexity index is 1110. The lowest BCUT2D eigenvalue weighted by Gasteiger charge is -2.44. The minimum absolute atomic E-state index is 0.338. The highest BCUT2D eigenvalue weighted by atomic mass is 15.2. The van der Waals surface area contributed by atoms with Crippen LogP contribution in [0.1, 0.15) is 67.9 Å². The summed E-state index contributed by atoms with van der Waals surface area (Å²) < 4.78 is 2.55. The molecule has 2 bridgehead atoms. The smallest absolute Gasteiger partial charge is 0.106 e. The lowest BCUT2D eigenvalue weighted by molar-refractivity contribution is 0.0929. The fourth-order valence-electron chi connectivity index (χ4n) is 7.35. The molecule has 3 atom stereocenters. The molecule has 174 valence electrons. The maximum Gasteiger partial charge on any atom is 0.106 e. The molecule has 6 rings (SSSR count). The summed E-state index contributed by atoms with van der Waals surface area (Å²) in [5, 5.41) is 3.61. The van der Waals surface area contributed by atoms with Gasteiger partial charge in [-0.25, -0.2) is 4.98 Å². The van der Waals surface area contributed by atoms with E-state index in [2.05, 4.69) is 77.2 Å². The van der Waals surface area contributed by atoms with Crippen LogP contribution in [0.3, 0.4) is 0 Å². The van der Waals surface area contributed by atoms with Crippen molar-refractivity contribution in [1.29, 1.82) is 0 Å². The summed E-state index contributed by atoms with van der Waals surface area (Å²) in [7, 11) is 0. The molecule has 0 saturated carbocycles. The third-order valence-electron chi connectivity index (χ3n) is 9.04. The second kappa shape index (κ2) is 8.56. The summed E-state index contributed by atoms with van der Waals surface area (Å²) >= 11 is 0. The van der Waals surface area contributed by atoms with Crippen LogP contribution in [0.4, 0.5) is 0 Å². The van der Waals surface area contributed by atoms with Crippen LogP contribution in [0, 0.1) is 13.8 Å². The van der Waals surface area contributed by atoms with Crippen LogP contribution in [0.5, 0.6) is 0 Å². The number of piperidine rings is 2. The molecule has 0 aliphatic carbocycles. The number of nitrogens with zero attached hydrogens (tertiary/aromatic N) is 3. The van der Waals surface area contributed by atoms with Gasteiger partial charge in [0.2, 0.25) is 0 Å². The van der Waals surface area contributed by atoms with Crippen molar-refractivity contribution in [3.05, 3.63) is 65.5 Å². The topological polar surface area (TPSA) is 33.1 Å². The number of fused-ring (bicyclic) bond motifs is 3. The van der Waals surface area contributed by atoms with Crippen molar-refractivity contribution in [1.82, 2.24) is 19.8 Å². The van der Waals surface area contributed by atoms with Gasteiger partial charge in [-0.2, -0.15) is 0 Å². The summed E-state index contributed by atoms with van der Waals surface area (Å²) in [4.78, 5) is 7.78. The van der Waals surface area contributed by atoms with Crippen LogP contribution < -0.4 is 5.32 Å². The second-order valence-electron chi connectivity index (χ2n) is 10.9. The van der Waals surface area contributed by atoms with Gasteiger partial charge in [0.1, 0.15) is 5.82 Å². The van der Waals surface area contributed by atoms with E-state index in [1.165, 1.54) is 68.4 Å². The first kappa shape index (κ1) is 21.4. The Labute approximate surface area is 198 Å². The molecule has 4 nitrogen and oxygen atoms in total. The SMILES string of the molecule is Cc1cccc(C2(CCN3C4CC[C@@H]3CC(n3c(C)nc5ccccc53)C4)CCNCC2)c1. The first-order valence-corrected chi connectivity index (χ1v) is 13.1. The molecule has 2 unspecified atom stereocenters. The number of hydrogen-bond donors (Lipinski definition) is 1. The molecule has 3 aliphatic rings. The van der Waals surface area contributed by atoms with Gasteiger partial charge in [0.25, 0.3) is 0 Å². The summed E-state index contributed by atoms with van der Waals surface area (Å²) in [5.74, 6) is 1.18. The molecule has 0 amide bonds. The van der Waals surface area contributed by atoms with Gasteiger partial charge in [0.05, 0.1) is 11.0 Å². The minimum Gasteiger partial charge on any atom is -0.325 e. The molecule has 3 aromatic rings. The number of aryl methyl sites for hydroxylation is 2. The quantitative estimate of drug-likeness (QED) is 0.564. The molecule has 1 N–H and O–H groups in total. The number of nitrogens with one attached hydrogen (secondary N) is 1. The minimum atomic E-state index is 0.338. The standard InChI is InChI=1S/C29H38N4/c1-21-6-5-7-23(18-21)29(12-15-30-16-13-29)14-17-32-24-10-11-25(32)20-26(19-24)33-22(2)31-27-8-3-4-9-28(27)33/h3-9,18,24-26,30H,10-17,19-20H2,1-2H3/t24-,25?,26?/m1/s1. The molecule has 0 radical (unpaired) electrons. The normalized spacial score (nSPS) is 27.3. The average molecular weight is 443 g/mol. The maximum atomic E-state index is 4.87. The molecule has 33 heavy (non-hydrogen) atoms. The first-order chi connectivity index (χ1) is 16.1. The Kier molecular flexibility index (Phi) is 5.54. The van der Waals surface area contributed by atoms with E-state index in [9.17, 15) is 0 Å². The van der Waals surface area contributed by atoms with Crippen molar-refractivity contribution >= 4 is 11.0 Å². The van der Waals surface area contributed by atoms with E-state index in [1.54, 1.807) is 5.56 Å². The maximum absolute atomic E-state index is 4.87. The molecule has 4 heteroatoms. The summed E-state index contributed by atoms with van der Waals surface area (Å²) in [6, 6.07) is 20.1. The molecule has 4 heterocycles. The van der Waals surface area contributed by atoms with Gasteiger partial charge in [-0.05, 0) is 102 Å². The molecule has 3 aliphatic heterocycles. The van der Waals surface area contributed by atoms with Crippen molar-refractivity contribution in [2.45, 2.75) is 82.3 Å². The molecular formula is C29H38N4. The highest BCUT2D eigenvalue weighted by molar-refractivity contribution is 5.76. The number of para-hydroxylation sites is 2. The van der Waals surface area contributed by atoms with Crippen LogP contribution >= 0.6 is 0 Å². The van der Waals surface area contributed by atoms with Gasteiger partial charge in [-0.1, -0.05) is 42.0 Å². The Morgan fingerprint density at radius 2 is 1.70 bits per heavy atom. The zero-order valence-corrected chi connectivity index (χ0v) is 20.3. The number of hydrogen-bond acceptors (Lipinski definition) is 3. The Morgan fingerprint density at radius 3 is 2.45 bits per heavy atom.